The first-order valence-electron chi connectivity index (χ1n) is 5.24. The van der Waals surface area contributed by atoms with E-state index in [2.05, 4.69) is 5.32 Å². The molecule has 0 radical (unpaired) electrons. The van der Waals surface area contributed by atoms with Gasteiger partial charge in [-0.05, 0) is 44.1 Å². The van der Waals surface area contributed by atoms with Gasteiger partial charge in [0.1, 0.15) is 11.6 Å². The van der Waals surface area contributed by atoms with Crippen LogP contribution in [0.1, 0.15) is 38.5 Å². The normalized spacial score (nSPS) is 20.4. The van der Waals surface area contributed by atoms with E-state index < -0.39 is 0 Å². The minimum atomic E-state index is -0.146. The fourth-order valence-electron chi connectivity index (χ4n) is 1.83. The van der Waals surface area contributed by atoms with Crippen molar-refractivity contribution in [1.82, 2.24) is 5.32 Å². The zero-order valence-electron chi connectivity index (χ0n) is 8.18. The molecule has 3 heteroatoms. The summed E-state index contributed by atoms with van der Waals surface area (Å²) in [6.07, 6.45) is 6.25. The van der Waals surface area contributed by atoms with Crippen LogP contribution < -0.4 is 5.32 Å². The molecule has 2 rings (SSSR count). The highest BCUT2D eigenvalue weighted by Gasteiger charge is 2.26. The van der Waals surface area contributed by atoms with E-state index in [4.69, 9.17) is 5.26 Å². The fraction of sp³-hybridized carbons (Fsp3) is 0.636. The van der Waals surface area contributed by atoms with Crippen LogP contribution >= 0.6 is 0 Å². The van der Waals surface area contributed by atoms with E-state index in [1.165, 1.54) is 0 Å². The molecule has 0 aromatic carbocycles. The third-order valence-corrected chi connectivity index (χ3v) is 2.81. The van der Waals surface area contributed by atoms with Crippen molar-refractivity contribution in [2.45, 2.75) is 44.6 Å². The lowest BCUT2D eigenvalue weighted by Gasteiger charge is -2.04. The molecule has 14 heavy (non-hydrogen) atoms. The number of carbonyl (C=O) groups excluding carboxylic acids is 1. The Kier molecular flexibility index (Phi) is 2.53. The van der Waals surface area contributed by atoms with Crippen molar-refractivity contribution < 1.29 is 4.79 Å². The van der Waals surface area contributed by atoms with Crippen LogP contribution in [0.2, 0.25) is 0 Å². The van der Waals surface area contributed by atoms with Crippen LogP contribution in [0.15, 0.2) is 11.1 Å². The Hall–Kier alpha value is -1.30. The van der Waals surface area contributed by atoms with Gasteiger partial charge in [-0.25, -0.2) is 0 Å². The van der Waals surface area contributed by atoms with E-state index in [0.717, 1.165) is 44.1 Å². The maximum Gasteiger partial charge on any atom is 0.262 e. The standard InChI is InChI=1S/C11H14N2O/c12-7-10(8-3-1-2-4-8)11(14)13-9-5-6-9/h9H,1-6H2,(H,13,14). The largest absolute Gasteiger partial charge is 0.349 e. The van der Waals surface area contributed by atoms with E-state index in [1.807, 2.05) is 6.07 Å². The van der Waals surface area contributed by atoms with Gasteiger partial charge in [0.25, 0.3) is 5.91 Å². The van der Waals surface area contributed by atoms with Crippen LogP contribution in [0.25, 0.3) is 0 Å². The zero-order chi connectivity index (χ0) is 9.97. The molecule has 74 valence electrons. The van der Waals surface area contributed by atoms with E-state index in [-0.39, 0.29) is 5.91 Å². The molecule has 0 atom stereocenters. The first-order valence-corrected chi connectivity index (χ1v) is 5.24. The minimum Gasteiger partial charge on any atom is -0.349 e. The van der Waals surface area contributed by atoms with Crippen molar-refractivity contribution in [3.8, 4) is 6.07 Å². The summed E-state index contributed by atoms with van der Waals surface area (Å²) in [4.78, 5) is 11.6. The SMILES string of the molecule is N#CC(C(=O)NC1CC1)=C1CCCC1. The Morgan fingerprint density at radius 3 is 2.50 bits per heavy atom. The molecule has 2 aliphatic rings. The number of carbonyl (C=O) groups is 1. The van der Waals surface area contributed by atoms with Crippen LogP contribution in [0.3, 0.4) is 0 Å². The average Bonchev–Trinajstić information content (AvgIpc) is 2.82. The Bertz CT molecular complexity index is 313. The van der Waals surface area contributed by atoms with Gasteiger partial charge in [0, 0.05) is 6.04 Å². The molecule has 1 N–H and O–H groups in total. The summed E-state index contributed by atoms with van der Waals surface area (Å²) in [7, 11) is 0. The number of amides is 1. The number of rotatable bonds is 2. The third kappa shape index (κ3) is 1.95. The summed E-state index contributed by atoms with van der Waals surface area (Å²) < 4.78 is 0. The molecule has 0 heterocycles. The fourth-order valence-corrected chi connectivity index (χ4v) is 1.83. The van der Waals surface area contributed by atoms with Gasteiger partial charge in [0.15, 0.2) is 0 Å². The number of nitriles is 1. The smallest absolute Gasteiger partial charge is 0.262 e. The van der Waals surface area contributed by atoms with Gasteiger partial charge in [-0.3, -0.25) is 4.79 Å². The molecular formula is C11H14N2O. The van der Waals surface area contributed by atoms with E-state index >= 15 is 0 Å². The molecule has 3 nitrogen and oxygen atoms in total. The highest BCUT2D eigenvalue weighted by molar-refractivity contribution is 5.98. The molecule has 0 saturated heterocycles. The monoisotopic (exact) mass is 190 g/mol. The molecule has 0 bridgehead atoms. The summed E-state index contributed by atoms with van der Waals surface area (Å²) in [5.41, 5.74) is 1.44. The molecule has 0 aromatic heterocycles. The maximum atomic E-state index is 11.6. The number of hydrogen-bond donors (Lipinski definition) is 1. The lowest BCUT2D eigenvalue weighted by molar-refractivity contribution is -0.117. The van der Waals surface area contributed by atoms with Crippen LogP contribution in [-0.4, -0.2) is 11.9 Å². The maximum absolute atomic E-state index is 11.6. The summed E-state index contributed by atoms with van der Waals surface area (Å²) >= 11 is 0. The molecule has 2 aliphatic carbocycles. The zero-order valence-corrected chi connectivity index (χ0v) is 8.18. The average molecular weight is 190 g/mol. The Morgan fingerprint density at radius 2 is 2.00 bits per heavy atom. The van der Waals surface area contributed by atoms with Crippen LogP contribution in [0, 0.1) is 11.3 Å². The molecule has 1 amide bonds. The second kappa shape index (κ2) is 3.83. The molecule has 0 unspecified atom stereocenters. The highest BCUT2D eigenvalue weighted by Crippen LogP contribution is 2.27. The molecular weight excluding hydrogens is 176 g/mol. The molecule has 2 fully saturated rings. The van der Waals surface area contributed by atoms with Gasteiger partial charge in [-0.15, -0.1) is 0 Å². The van der Waals surface area contributed by atoms with Crippen LogP contribution in [0.4, 0.5) is 0 Å². The topological polar surface area (TPSA) is 52.9 Å². The second-order valence-corrected chi connectivity index (χ2v) is 4.05. The van der Waals surface area contributed by atoms with Gasteiger partial charge in [0.05, 0.1) is 0 Å². The van der Waals surface area contributed by atoms with Crippen molar-refractivity contribution in [2.24, 2.45) is 0 Å². The number of nitrogens with one attached hydrogen (secondary N) is 1. The predicted octanol–water partition coefficient (Wildman–Crippen LogP) is 1.66. The van der Waals surface area contributed by atoms with Gasteiger partial charge in [-0.2, -0.15) is 5.26 Å². The lowest BCUT2D eigenvalue weighted by Crippen LogP contribution is -2.27. The number of nitrogens with zero attached hydrogens (tertiary/aromatic N) is 1. The molecule has 0 spiro atoms. The lowest BCUT2D eigenvalue weighted by atomic mass is 10.1. The van der Waals surface area contributed by atoms with Crippen molar-refractivity contribution in [2.75, 3.05) is 0 Å². The molecule has 0 aromatic rings. The van der Waals surface area contributed by atoms with Crippen molar-refractivity contribution in [1.29, 1.82) is 5.26 Å². The van der Waals surface area contributed by atoms with Crippen LogP contribution in [0.5, 0.6) is 0 Å². The van der Waals surface area contributed by atoms with Crippen molar-refractivity contribution in [3.63, 3.8) is 0 Å². The van der Waals surface area contributed by atoms with Gasteiger partial charge in [-0.1, -0.05) is 0 Å². The summed E-state index contributed by atoms with van der Waals surface area (Å²) in [5, 5.41) is 11.8. The summed E-state index contributed by atoms with van der Waals surface area (Å²) in [5.74, 6) is -0.146. The Balaban J connectivity index is 2.07. The third-order valence-electron chi connectivity index (χ3n) is 2.81. The summed E-state index contributed by atoms with van der Waals surface area (Å²) in [6.45, 7) is 0. The van der Waals surface area contributed by atoms with Gasteiger partial charge in [0.2, 0.25) is 0 Å². The van der Waals surface area contributed by atoms with E-state index in [1.54, 1.807) is 0 Å². The predicted molar refractivity (Wildman–Crippen MR) is 52.3 cm³/mol. The highest BCUT2D eigenvalue weighted by atomic mass is 16.1. The number of allylic oxidation sites excluding steroid dienone is 1. The number of hydrogen-bond acceptors (Lipinski definition) is 2. The molecule has 0 aliphatic heterocycles. The minimum absolute atomic E-state index is 0.146. The van der Waals surface area contributed by atoms with E-state index in [0.29, 0.717) is 11.6 Å². The quantitative estimate of drug-likeness (QED) is 0.531. The Morgan fingerprint density at radius 1 is 1.36 bits per heavy atom. The first-order chi connectivity index (χ1) is 6.81. The van der Waals surface area contributed by atoms with Gasteiger partial charge >= 0.3 is 0 Å². The van der Waals surface area contributed by atoms with Crippen LogP contribution in [-0.2, 0) is 4.79 Å². The van der Waals surface area contributed by atoms with Gasteiger partial charge < -0.3 is 5.32 Å². The molecule has 2 saturated carbocycles. The first kappa shape index (κ1) is 9.26. The van der Waals surface area contributed by atoms with Crippen molar-refractivity contribution >= 4 is 5.91 Å². The summed E-state index contributed by atoms with van der Waals surface area (Å²) in [6, 6.07) is 2.39. The van der Waals surface area contributed by atoms with E-state index in [9.17, 15) is 4.79 Å². The van der Waals surface area contributed by atoms with Crippen molar-refractivity contribution in [3.05, 3.63) is 11.1 Å². The second-order valence-electron chi connectivity index (χ2n) is 4.05. The Labute approximate surface area is 83.8 Å².